The lowest BCUT2D eigenvalue weighted by atomic mass is 9.77. The van der Waals surface area contributed by atoms with Crippen molar-refractivity contribution in [2.75, 3.05) is 5.32 Å². The van der Waals surface area contributed by atoms with Gasteiger partial charge in [0.15, 0.2) is 17.9 Å². The largest absolute Gasteiger partial charge is 0.407 e. The first-order chi connectivity index (χ1) is 13.8. The normalized spacial score (nSPS) is 17.5. The van der Waals surface area contributed by atoms with Gasteiger partial charge >= 0.3 is 6.18 Å². The second kappa shape index (κ2) is 7.66. The molecule has 1 fully saturated rings. The molecule has 1 unspecified atom stereocenters. The summed E-state index contributed by atoms with van der Waals surface area (Å²) in [5.41, 5.74) is -2.80. The van der Waals surface area contributed by atoms with Crippen molar-refractivity contribution in [2.45, 2.75) is 42.1 Å². The molecular weight excluding hydrogens is 457 g/mol. The van der Waals surface area contributed by atoms with Gasteiger partial charge in [0.25, 0.3) is 0 Å². The van der Waals surface area contributed by atoms with Crippen molar-refractivity contribution >= 4 is 27.3 Å². The van der Waals surface area contributed by atoms with Crippen molar-refractivity contribution < 1.29 is 35.5 Å². The van der Waals surface area contributed by atoms with Gasteiger partial charge in [-0.05, 0) is 31.4 Å². The molecule has 13 heteroatoms. The number of alkyl halides is 3. The molecule has 166 valence electrons. The fourth-order valence-electron chi connectivity index (χ4n) is 3.18. The van der Waals surface area contributed by atoms with Gasteiger partial charge in [0.2, 0.25) is 10.0 Å². The quantitative estimate of drug-likeness (QED) is 0.440. The van der Waals surface area contributed by atoms with E-state index in [4.69, 9.17) is 11.6 Å². The van der Waals surface area contributed by atoms with Gasteiger partial charge in [0.1, 0.15) is 10.4 Å². The summed E-state index contributed by atoms with van der Waals surface area (Å²) < 4.78 is 94.5. The van der Waals surface area contributed by atoms with Gasteiger partial charge in [0, 0.05) is 25.0 Å². The Morgan fingerprint density at radius 3 is 2.37 bits per heavy atom. The average molecular weight is 474 g/mol. The van der Waals surface area contributed by atoms with Crippen LogP contribution in [0.1, 0.15) is 31.2 Å². The maximum atomic E-state index is 13.3. The molecular formula is C17H17ClF5N3O3S. The van der Waals surface area contributed by atoms with Crippen molar-refractivity contribution in [3.63, 3.8) is 0 Å². The molecule has 0 aliphatic heterocycles. The van der Waals surface area contributed by atoms with E-state index in [0.29, 0.717) is 0 Å². The summed E-state index contributed by atoms with van der Waals surface area (Å²) in [6.45, 7) is 0. The molecule has 0 spiro atoms. The minimum atomic E-state index is -4.78. The summed E-state index contributed by atoms with van der Waals surface area (Å²) in [5, 5.41) is 12.3. The number of hydrogen-bond acceptors (Lipinski definition) is 4. The van der Waals surface area contributed by atoms with E-state index in [1.807, 2.05) is 0 Å². The molecule has 0 amide bonds. The lowest BCUT2D eigenvalue weighted by Crippen LogP contribution is -2.62. The van der Waals surface area contributed by atoms with E-state index >= 15 is 0 Å². The molecule has 2 aromatic rings. The minimum absolute atomic E-state index is 0.0355. The molecule has 6 nitrogen and oxygen atoms in total. The van der Waals surface area contributed by atoms with E-state index in [1.165, 1.54) is 7.05 Å². The molecule has 1 aromatic heterocycles. The molecule has 0 saturated heterocycles. The zero-order chi connectivity index (χ0) is 22.5. The number of aryl methyl sites for hydroxylation is 1. The highest BCUT2D eigenvalue weighted by Crippen LogP contribution is 2.46. The van der Waals surface area contributed by atoms with Crippen LogP contribution in [0.25, 0.3) is 0 Å². The molecule has 1 aliphatic rings. The van der Waals surface area contributed by atoms with Gasteiger partial charge in [0.05, 0.1) is 10.7 Å². The number of hydrogen-bond donors (Lipinski definition) is 3. The standard InChI is InChI=1S/C17H17ClF5N3O3S/c1-26-8-12(30(28,29)25-16(5-2-6-16)17(21,22)23)13(18)14(26)15(27)24-9-3-4-10(19)11(20)7-9/h3-4,7-8,15,24-25,27H,2,5-6H2,1H3. The van der Waals surface area contributed by atoms with Crippen molar-refractivity contribution in [1.82, 2.24) is 9.29 Å². The van der Waals surface area contributed by atoms with Crippen LogP contribution < -0.4 is 10.0 Å². The van der Waals surface area contributed by atoms with E-state index in [-0.39, 0.29) is 17.8 Å². The maximum absolute atomic E-state index is 13.3. The molecule has 30 heavy (non-hydrogen) atoms. The number of aliphatic hydroxyl groups excluding tert-OH is 1. The smallest absolute Gasteiger partial charge is 0.368 e. The third-order valence-corrected chi connectivity index (χ3v) is 7.04. The zero-order valence-corrected chi connectivity index (χ0v) is 17.0. The molecule has 3 N–H and O–H groups in total. The molecule has 1 aromatic carbocycles. The van der Waals surface area contributed by atoms with E-state index < -0.39 is 62.4 Å². The Hall–Kier alpha value is -1.89. The van der Waals surface area contributed by atoms with Gasteiger partial charge in [-0.1, -0.05) is 11.6 Å². The third kappa shape index (κ3) is 4.01. The summed E-state index contributed by atoms with van der Waals surface area (Å²) in [6.07, 6.45) is -6.07. The highest BCUT2D eigenvalue weighted by Gasteiger charge is 2.60. The zero-order valence-electron chi connectivity index (χ0n) is 15.4. The topological polar surface area (TPSA) is 83.4 Å². The molecule has 0 bridgehead atoms. The molecule has 1 aliphatic carbocycles. The Bertz CT molecular complexity index is 1070. The van der Waals surface area contributed by atoms with Crippen molar-refractivity contribution in [1.29, 1.82) is 0 Å². The van der Waals surface area contributed by atoms with E-state index in [2.05, 4.69) is 5.32 Å². The first-order valence-corrected chi connectivity index (χ1v) is 10.5. The van der Waals surface area contributed by atoms with Crippen LogP contribution in [0, 0.1) is 11.6 Å². The molecule has 0 radical (unpaired) electrons. The van der Waals surface area contributed by atoms with Crippen LogP contribution in [-0.2, 0) is 17.1 Å². The van der Waals surface area contributed by atoms with Crippen LogP contribution in [0.15, 0.2) is 29.3 Å². The van der Waals surface area contributed by atoms with E-state index in [0.717, 1.165) is 29.0 Å². The SMILES string of the molecule is Cn1cc(S(=O)(=O)NC2(C(F)(F)F)CCC2)c(Cl)c1C(O)Nc1ccc(F)c(F)c1. The van der Waals surface area contributed by atoms with Crippen molar-refractivity contribution in [3.05, 3.63) is 46.7 Å². The second-order valence-electron chi connectivity index (χ2n) is 7.02. The number of benzene rings is 1. The van der Waals surface area contributed by atoms with Crippen LogP contribution in [-0.4, -0.2) is 29.8 Å². The molecule has 1 saturated carbocycles. The van der Waals surface area contributed by atoms with Gasteiger partial charge in [-0.3, -0.25) is 0 Å². The van der Waals surface area contributed by atoms with Gasteiger partial charge in [-0.15, -0.1) is 0 Å². The Kier molecular flexibility index (Phi) is 5.82. The summed E-state index contributed by atoms with van der Waals surface area (Å²) in [6, 6.07) is 2.70. The summed E-state index contributed by atoms with van der Waals surface area (Å²) in [7, 11) is -3.37. The van der Waals surface area contributed by atoms with Crippen LogP contribution in [0.4, 0.5) is 27.6 Å². The van der Waals surface area contributed by atoms with Crippen molar-refractivity contribution in [2.24, 2.45) is 7.05 Å². The van der Waals surface area contributed by atoms with E-state index in [9.17, 15) is 35.5 Å². The van der Waals surface area contributed by atoms with Crippen molar-refractivity contribution in [3.8, 4) is 0 Å². The lowest BCUT2D eigenvalue weighted by molar-refractivity contribution is -0.212. The lowest BCUT2D eigenvalue weighted by Gasteiger charge is -2.43. The first kappa shape index (κ1) is 22.8. The van der Waals surface area contributed by atoms with Crippen LogP contribution in [0.3, 0.4) is 0 Å². The highest BCUT2D eigenvalue weighted by molar-refractivity contribution is 7.89. The number of anilines is 1. The number of aliphatic hydroxyl groups is 1. The van der Waals surface area contributed by atoms with Crippen LogP contribution in [0.2, 0.25) is 5.02 Å². The predicted molar refractivity (Wildman–Crippen MR) is 98.3 cm³/mol. The number of nitrogens with one attached hydrogen (secondary N) is 2. The minimum Gasteiger partial charge on any atom is -0.368 e. The van der Waals surface area contributed by atoms with Gasteiger partial charge in [-0.2, -0.15) is 17.9 Å². The summed E-state index contributed by atoms with van der Waals surface area (Å²) in [5.74, 6) is -2.29. The molecule has 1 atom stereocenters. The van der Waals surface area contributed by atoms with Gasteiger partial charge in [-0.25, -0.2) is 17.2 Å². The average Bonchev–Trinajstić information content (AvgIpc) is 2.89. The fourth-order valence-corrected chi connectivity index (χ4v) is 5.35. The third-order valence-electron chi connectivity index (χ3n) is 4.98. The second-order valence-corrected chi connectivity index (χ2v) is 9.05. The Morgan fingerprint density at radius 1 is 1.23 bits per heavy atom. The fraction of sp³-hybridized carbons (Fsp3) is 0.412. The highest BCUT2D eigenvalue weighted by atomic mass is 35.5. The maximum Gasteiger partial charge on any atom is 0.407 e. The van der Waals surface area contributed by atoms with Crippen LogP contribution in [0.5, 0.6) is 0 Å². The monoisotopic (exact) mass is 473 g/mol. The Balaban J connectivity index is 1.90. The number of halogens is 6. The predicted octanol–water partition coefficient (Wildman–Crippen LogP) is 3.82. The first-order valence-electron chi connectivity index (χ1n) is 8.62. The summed E-state index contributed by atoms with van der Waals surface area (Å²) >= 11 is 6.08. The number of rotatable bonds is 6. The van der Waals surface area contributed by atoms with Gasteiger partial charge < -0.3 is 15.0 Å². The number of nitrogens with zero attached hydrogens (tertiary/aromatic N) is 1. The molecule has 3 rings (SSSR count). The Morgan fingerprint density at radius 2 is 1.87 bits per heavy atom. The Labute approximate surface area is 173 Å². The number of sulfonamides is 1. The summed E-state index contributed by atoms with van der Waals surface area (Å²) in [4.78, 5) is -0.650. The van der Waals surface area contributed by atoms with Crippen LogP contribution >= 0.6 is 11.6 Å². The number of aromatic nitrogens is 1. The van der Waals surface area contributed by atoms with E-state index in [1.54, 1.807) is 4.72 Å². The molecule has 1 heterocycles.